The molecule has 3 aromatic rings. The van der Waals surface area contributed by atoms with Gasteiger partial charge in [-0.25, -0.2) is 4.79 Å². The molecular weight excluding hydrogens is 470 g/mol. The molecule has 1 amide bonds. The van der Waals surface area contributed by atoms with Crippen LogP contribution in [0.5, 0.6) is 11.5 Å². The Hall–Kier alpha value is -4.33. The zero-order valence-corrected chi connectivity index (χ0v) is 21.0. The lowest BCUT2D eigenvalue weighted by Crippen LogP contribution is -2.28. The van der Waals surface area contributed by atoms with Crippen LogP contribution in [0.15, 0.2) is 66.7 Å². The molecule has 3 N–H and O–H groups in total. The molecule has 4 rings (SSSR count). The van der Waals surface area contributed by atoms with Crippen molar-refractivity contribution in [2.24, 2.45) is 5.73 Å². The van der Waals surface area contributed by atoms with E-state index in [1.807, 2.05) is 31.2 Å². The van der Waals surface area contributed by atoms with E-state index < -0.39 is 18.2 Å². The molecule has 0 aliphatic carbocycles. The molecule has 1 atom stereocenters. The number of nitrogens with one attached hydrogen (secondary N) is 1. The number of carbonyl (C=O) groups is 2. The van der Waals surface area contributed by atoms with Crippen LogP contribution >= 0.6 is 0 Å². The van der Waals surface area contributed by atoms with Gasteiger partial charge in [-0.15, -0.1) is 0 Å². The minimum Gasteiger partial charge on any atom is -0.489 e. The van der Waals surface area contributed by atoms with Gasteiger partial charge in [-0.05, 0) is 61.1 Å². The van der Waals surface area contributed by atoms with E-state index in [9.17, 15) is 9.59 Å². The second-order valence-corrected chi connectivity index (χ2v) is 9.04. The van der Waals surface area contributed by atoms with Gasteiger partial charge in [-0.3, -0.25) is 15.1 Å². The van der Waals surface area contributed by atoms with Gasteiger partial charge in [0.15, 0.2) is 11.9 Å². The number of aryl methyl sites for hydroxylation is 3. The van der Waals surface area contributed by atoms with Crippen molar-refractivity contribution in [3.05, 3.63) is 89.0 Å². The van der Waals surface area contributed by atoms with Crippen LogP contribution in [0.3, 0.4) is 0 Å². The van der Waals surface area contributed by atoms with Gasteiger partial charge >= 0.3 is 12.1 Å². The van der Waals surface area contributed by atoms with Crippen LogP contribution < -0.4 is 20.1 Å². The summed E-state index contributed by atoms with van der Waals surface area (Å²) in [6.45, 7) is 3.63. The van der Waals surface area contributed by atoms with Crippen molar-refractivity contribution >= 4 is 23.6 Å². The normalized spacial score (nSPS) is 14.8. The quantitative estimate of drug-likeness (QED) is 0.179. The molecule has 0 spiro atoms. The number of benzene rings is 3. The predicted octanol–water partition coefficient (Wildman–Crippen LogP) is 4.78. The fraction of sp³-hybridized carbons (Fsp3) is 0.276. The number of anilines is 1. The van der Waals surface area contributed by atoms with Crippen molar-refractivity contribution < 1.29 is 23.8 Å². The molecule has 1 fully saturated rings. The summed E-state index contributed by atoms with van der Waals surface area (Å²) < 4.78 is 17.0. The molecule has 0 aromatic heterocycles. The van der Waals surface area contributed by atoms with E-state index >= 15 is 0 Å². The van der Waals surface area contributed by atoms with Gasteiger partial charge in [0.2, 0.25) is 0 Å². The van der Waals surface area contributed by atoms with E-state index in [0.29, 0.717) is 5.69 Å². The number of para-hydroxylation sites is 1. The molecule has 1 unspecified atom stereocenters. The fourth-order valence-corrected chi connectivity index (χ4v) is 4.32. The van der Waals surface area contributed by atoms with Gasteiger partial charge in [0, 0.05) is 6.92 Å². The first-order valence-electron chi connectivity index (χ1n) is 12.2. The minimum atomic E-state index is -0.588. The van der Waals surface area contributed by atoms with Gasteiger partial charge in [0.1, 0.15) is 18.2 Å². The lowest BCUT2D eigenvalue weighted by atomic mass is 10.0. The number of amides is 1. The van der Waals surface area contributed by atoms with Crippen molar-refractivity contribution in [3.8, 4) is 11.5 Å². The highest BCUT2D eigenvalue weighted by Gasteiger charge is 2.35. The van der Waals surface area contributed by atoms with Crippen molar-refractivity contribution in [2.45, 2.75) is 39.2 Å². The van der Waals surface area contributed by atoms with Crippen molar-refractivity contribution in [3.63, 3.8) is 0 Å². The van der Waals surface area contributed by atoms with Crippen molar-refractivity contribution in [1.29, 1.82) is 5.41 Å². The monoisotopic (exact) mass is 501 g/mol. The molecule has 3 aromatic carbocycles. The van der Waals surface area contributed by atoms with Gasteiger partial charge in [0.25, 0.3) is 0 Å². The Morgan fingerprint density at radius 3 is 2.62 bits per heavy atom. The Morgan fingerprint density at radius 2 is 1.89 bits per heavy atom. The lowest BCUT2D eigenvalue weighted by molar-refractivity contribution is -0.131. The number of nitrogens with two attached hydrogens (primary N) is 1. The first kappa shape index (κ1) is 25.8. The number of nitrogen functional groups attached to an aromatic ring is 1. The van der Waals surface area contributed by atoms with Gasteiger partial charge < -0.3 is 19.9 Å². The fourth-order valence-electron chi connectivity index (χ4n) is 4.32. The SMILES string of the molecule is CC(=O)Oc1c(C(=N)N)cccc1N1CC(COc2cc(C)ccc2CCCc2ccccc2)OC1=O. The summed E-state index contributed by atoms with van der Waals surface area (Å²) in [6.07, 6.45) is 1.71. The van der Waals surface area contributed by atoms with Crippen molar-refractivity contribution in [1.82, 2.24) is 0 Å². The minimum absolute atomic E-state index is 0.0559. The number of ether oxygens (including phenoxy) is 3. The van der Waals surface area contributed by atoms with Crippen LogP contribution in [-0.4, -0.2) is 37.2 Å². The molecule has 1 aliphatic heterocycles. The smallest absolute Gasteiger partial charge is 0.415 e. The van der Waals surface area contributed by atoms with E-state index in [0.717, 1.165) is 36.1 Å². The predicted molar refractivity (Wildman–Crippen MR) is 142 cm³/mol. The van der Waals surface area contributed by atoms with Crippen LogP contribution in [0.4, 0.5) is 10.5 Å². The summed E-state index contributed by atoms with van der Waals surface area (Å²) >= 11 is 0. The number of esters is 1. The molecule has 37 heavy (non-hydrogen) atoms. The van der Waals surface area contributed by atoms with Gasteiger partial charge in [-0.1, -0.05) is 48.5 Å². The molecule has 8 heteroatoms. The third-order valence-electron chi connectivity index (χ3n) is 6.10. The molecule has 1 aliphatic rings. The molecule has 1 heterocycles. The number of nitrogens with zero attached hydrogens (tertiary/aromatic N) is 1. The number of cyclic esters (lactones) is 1. The number of hydrogen-bond acceptors (Lipinski definition) is 6. The van der Waals surface area contributed by atoms with E-state index in [-0.39, 0.29) is 30.3 Å². The zero-order valence-electron chi connectivity index (χ0n) is 21.0. The number of hydrogen-bond donors (Lipinski definition) is 2. The van der Waals surface area contributed by atoms with E-state index in [1.54, 1.807) is 18.2 Å². The molecular formula is C29H31N3O5. The van der Waals surface area contributed by atoms with Crippen LogP contribution in [0, 0.1) is 12.3 Å². The zero-order chi connectivity index (χ0) is 26.4. The average molecular weight is 502 g/mol. The second-order valence-electron chi connectivity index (χ2n) is 9.04. The van der Waals surface area contributed by atoms with Gasteiger partial charge in [0.05, 0.1) is 17.8 Å². The van der Waals surface area contributed by atoms with E-state index in [2.05, 4.69) is 24.3 Å². The van der Waals surface area contributed by atoms with E-state index in [1.165, 1.54) is 17.4 Å². The first-order valence-corrected chi connectivity index (χ1v) is 12.2. The highest BCUT2D eigenvalue weighted by Crippen LogP contribution is 2.35. The van der Waals surface area contributed by atoms with Crippen LogP contribution in [0.25, 0.3) is 0 Å². The molecule has 192 valence electrons. The number of amidine groups is 1. The second kappa shape index (κ2) is 11.6. The lowest BCUT2D eigenvalue weighted by Gasteiger charge is -2.19. The molecule has 0 saturated carbocycles. The Balaban J connectivity index is 1.43. The Kier molecular flexibility index (Phi) is 8.08. The topological polar surface area (TPSA) is 115 Å². The van der Waals surface area contributed by atoms with E-state index in [4.69, 9.17) is 25.4 Å². The average Bonchev–Trinajstić information content (AvgIpc) is 3.24. The molecule has 8 nitrogen and oxygen atoms in total. The standard InChI is InChI=1S/C29H31N3O5/c1-19-14-15-22(11-6-10-21-8-4-3-5-9-21)26(16-19)35-18-23-17-32(29(34)37-23)25-13-7-12-24(28(30)31)27(25)36-20(2)33/h3-5,7-9,12-16,23H,6,10-11,17-18H2,1-2H3,(H3,30,31). The first-order chi connectivity index (χ1) is 17.8. The highest BCUT2D eigenvalue weighted by molar-refractivity contribution is 6.02. The Bertz CT molecular complexity index is 1290. The summed E-state index contributed by atoms with van der Waals surface area (Å²) in [6, 6.07) is 21.4. The maximum atomic E-state index is 12.7. The maximum Gasteiger partial charge on any atom is 0.415 e. The van der Waals surface area contributed by atoms with Crippen molar-refractivity contribution in [2.75, 3.05) is 18.1 Å². The Labute approximate surface area is 216 Å². The summed E-state index contributed by atoms with van der Waals surface area (Å²) in [7, 11) is 0. The van der Waals surface area contributed by atoms with Gasteiger partial charge in [-0.2, -0.15) is 0 Å². The van der Waals surface area contributed by atoms with Crippen LogP contribution in [0.1, 0.15) is 35.6 Å². The highest BCUT2D eigenvalue weighted by atomic mass is 16.6. The summed E-state index contributed by atoms with van der Waals surface area (Å²) in [4.78, 5) is 25.8. The molecule has 0 bridgehead atoms. The third kappa shape index (κ3) is 6.46. The molecule has 1 saturated heterocycles. The maximum absolute atomic E-state index is 12.7. The largest absolute Gasteiger partial charge is 0.489 e. The van der Waals surface area contributed by atoms with Crippen LogP contribution in [-0.2, 0) is 22.4 Å². The number of carbonyl (C=O) groups excluding carboxylic acids is 2. The third-order valence-corrected chi connectivity index (χ3v) is 6.10. The molecule has 0 radical (unpaired) electrons. The summed E-state index contributed by atoms with van der Waals surface area (Å²) in [5.41, 5.74) is 9.69. The van der Waals surface area contributed by atoms with Crippen LogP contribution in [0.2, 0.25) is 0 Å². The summed E-state index contributed by atoms with van der Waals surface area (Å²) in [5.74, 6) is -0.0198. The number of rotatable bonds is 10. The summed E-state index contributed by atoms with van der Waals surface area (Å²) in [5, 5.41) is 7.81. The Morgan fingerprint density at radius 1 is 1.11 bits per heavy atom.